The van der Waals surface area contributed by atoms with Crippen LogP contribution in [0.4, 0.5) is 0 Å². The van der Waals surface area contributed by atoms with E-state index in [2.05, 4.69) is 5.32 Å². The minimum absolute atomic E-state index is 0.0356. The molecule has 100 valence electrons. The van der Waals surface area contributed by atoms with E-state index in [1.165, 1.54) is 0 Å². The van der Waals surface area contributed by atoms with Gasteiger partial charge in [0.15, 0.2) is 9.84 Å². The van der Waals surface area contributed by atoms with Crippen molar-refractivity contribution < 1.29 is 13.2 Å². The molecule has 6 heteroatoms. The van der Waals surface area contributed by atoms with Crippen LogP contribution in [-0.2, 0) is 9.84 Å². The van der Waals surface area contributed by atoms with Crippen LogP contribution in [0.1, 0.15) is 33.5 Å². The summed E-state index contributed by atoms with van der Waals surface area (Å²) in [6.07, 6.45) is 0.489. The molecular weight excluding hydrogens is 270 g/mol. The van der Waals surface area contributed by atoms with Crippen LogP contribution in [0.2, 0.25) is 0 Å². The second kappa shape index (κ2) is 4.35. The minimum atomic E-state index is -3.00. The van der Waals surface area contributed by atoms with Crippen LogP contribution in [0.25, 0.3) is 0 Å². The first kappa shape index (κ1) is 13.5. The molecular formula is C12H17NO3S2. The van der Waals surface area contributed by atoms with E-state index >= 15 is 0 Å². The molecule has 1 N–H and O–H groups in total. The molecule has 1 amide bonds. The monoisotopic (exact) mass is 287 g/mol. The van der Waals surface area contributed by atoms with E-state index in [9.17, 15) is 13.2 Å². The van der Waals surface area contributed by atoms with Gasteiger partial charge in [0.25, 0.3) is 5.91 Å². The summed E-state index contributed by atoms with van der Waals surface area (Å²) in [5.74, 6) is 0.0238. The molecule has 2 heterocycles. The van der Waals surface area contributed by atoms with Gasteiger partial charge in [-0.1, -0.05) is 0 Å². The fraction of sp³-hybridized carbons (Fsp3) is 0.583. The van der Waals surface area contributed by atoms with Crippen molar-refractivity contribution in [3.63, 3.8) is 0 Å². The molecule has 1 aliphatic heterocycles. The zero-order valence-corrected chi connectivity index (χ0v) is 12.4. The van der Waals surface area contributed by atoms with Gasteiger partial charge in [-0.15, -0.1) is 11.3 Å². The maximum absolute atomic E-state index is 12.2. The number of hydrogen-bond donors (Lipinski definition) is 1. The number of nitrogens with one attached hydrogen (secondary N) is 1. The summed E-state index contributed by atoms with van der Waals surface area (Å²) in [5, 5.41) is 2.87. The highest BCUT2D eigenvalue weighted by molar-refractivity contribution is 7.91. The molecule has 1 fully saturated rings. The molecule has 1 aromatic rings. The number of carbonyl (C=O) groups excluding carboxylic acids is 1. The molecule has 1 unspecified atom stereocenters. The third-order valence-electron chi connectivity index (χ3n) is 3.20. The van der Waals surface area contributed by atoms with Crippen LogP contribution in [0.5, 0.6) is 0 Å². The Kier molecular flexibility index (Phi) is 3.27. The van der Waals surface area contributed by atoms with E-state index in [1.54, 1.807) is 18.3 Å². The van der Waals surface area contributed by atoms with Crippen molar-refractivity contribution in [2.75, 3.05) is 11.5 Å². The summed E-state index contributed by atoms with van der Waals surface area (Å²) in [5.41, 5.74) is 0.0288. The molecule has 18 heavy (non-hydrogen) atoms. The zero-order chi connectivity index (χ0) is 13.6. The molecule has 0 bridgehead atoms. The van der Waals surface area contributed by atoms with E-state index in [0.29, 0.717) is 12.0 Å². The Morgan fingerprint density at radius 2 is 2.11 bits per heavy atom. The Morgan fingerprint density at radius 3 is 2.56 bits per heavy atom. The molecule has 0 saturated carbocycles. The van der Waals surface area contributed by atoms with Crippen LogP contribution in [0, 0.1) is 13.8 Å². The van der Waals surface area contributed by atoms with Gasteiger partial charge in [0.1, 0.15) is 0 Å². The predicted molar refractivity (Wildman–Crippen MR) is 72.9 cm³/mol. The van der Waals surface area contributed by atoms with E-state index in [1.807, 2.05) is 19.9 Å². The lowest BCUT2D eigenvalue weighted by molar-refractivity contribution is 0.0915. The third kappa shape index (κ3) is 2.75. The summed E-state index contributed by atoms with van der Waals surface area (Å²) in [6.45, 7) is 5.65. The highest BCUT2D eigenvalue weighted by Gasteiger charge is 2.39. The molecule has 0 aromatic carbocycles. The van der Waals surface area contributed by atoms with E-state index < -0.39 is 15.4 Å². The van der Waals surface area contributed by atoms with Crippen LogP contribution < -0.4 is 5.32 Å². The van der Waals surface area contributed by atoms with E-state index in [4.69, 9.17) is 0 Å². The molecule has 0 spiro atoms. The van der Waals surface area contributed by atoms with Crippen molar-refractivity contribution in [1.29, 1.82) is 0 Å². The van der Waals surface area contributed by atoms with Crippen LogP contribution in [0.3, 0.4) is 0 Å². The Morgan fingerprint density at radius 1 is 1.44 bits per heavy atom. The first-order chi connectivity index (χ1) is 8.21. The predicted octanol–water partition coefficient (Wildman–Crippen LogP) is 1.67. The second-order valence-electron chi connectivity index (χ2n) is 5.18. The number of carbonyl (C=O) groups is 1. The molecule has 0 aliphatic carbocycles. The quantitative estimate of drug-likeness (QED) is 0.900. The smallest absolute Gasteiger partial charge is 0.252 e. The zero-order valence-electron chi connectivity index (χ0n) is 10.7. The van der Waals surface area contributed by atoms with Gasteiger partial charge in [-0.2, -0.15) is 0 Å². The number of aryl methyl sites for hydroxylation is 2. The highest BCUT2D eigenvalue weighted by atomic mass is 32.2. The summed E-state index contributed by atoms with van der Waals surface area (Å²) in [4.78, 5) is 14.2. The normalized spacial score (nSPS) is 26.2. The first-order valence-corrected chi connectivity index (χ1v) is 8.45. The van der Waals surface area contributed by atoms with E-state index in [0.717, 1.165) is 9.75 Å². The Hall–Kier alpha value is -0.880. The van der Waals surface area contributed by atoms with Crippen LogP contribution in [-0.4, -0.2) is 31.4 Å². The van der Waals surface area contributed by atoms with Crippen LogP contribution >= 0.6 is 11.3 Å². The summed E-state index contributed by atoms with van der Waals surface area (Å²) in [6, 6.07) is 1.85. The van der Waals surface area contributed by atoms with Gasteiger partial charge in [0, 0.05) is 9.75 Å². The number of rotatable bonds is 2. The van der Waals surface area contributed by atoms with Gasteiger partial charge in [-0.3, -0.25) is 4.79 Å². The Balaban J connectivity index is 2.16. The summed E-state index contributed by atoms with van der Waals surface area (Å²) >= 11 is 1.58. The van der Waals surface area contributed by atoms with Gasteiger partial charge >= 0.3 is 0 Å². The number of amides is 1. The van der Waals surface area contributed by atoms with Crippen LogP contribution in [0.15, 0.2) is 6.07 Å². The van der Waals surface area contributed by atoms with Crippen molar-refractivity contribution in [3.05, 3.63) is 21.4 Å². The average Bonchev–Trinajstić information content (AvgIpc) is 2.67. The molecule has 0 radical (unpaired) electrons. The van der Waals surface area contributed by atoms with Crippen molar-refractivity contribution in [2.24, 2.45) is 0 Å². The van der Waals surface area contributed by atoms with Crippen molar-refractivity contribution in [1.82, 2.24) is 5.32 Å². The lowest BCUT2D eigenvalue weighted by Gasteiger charge is -2.23. The van der Waals surface area contributed by atoms with Gasteiger partial charge in [0.05, 0.1) is 22.6 Å². The lowest BCUT2D eigenvalue weighted by atomic mass is 10.0. The summed E-state index contributed by atoms with van der Waals surface area (Å²) < 4.78 is 23.0. The van der Waals surface area contributed by atoms with Crippen molar-refractivity contribution in [2.45, 2.75) is 32.7 Å². The molecule has 2 rings (SSSR count). The maximum Gasteiger partial charge on any atom is 0.252 e. The van der Waals surface area contributed by atoms with Crippen molar-refractivity contribution in [3.8, 4) is 0 Å². The molecule has 1 saturated heterocycles. The Bertz CT molecular complexity index is 588. The van der Waals surface area contributed by atoms with Gasteiger partial charge in [0.2, 0.25) is 0 Å². The number of hydrogen-bond acceptors (Lipinski definition) is 4. The largest absolute Gasteiger partial charge is 0.346 e. The number of sulfone groups is 1. The topological polar surface area (TPSA) is 63.2 Å². The highest BCUT2D eigenvalue weighted by Crippen LogP contribution is 2.25. The minimum Gasteiger partial charge on any atom is -0.346 e. The Labute approximate surface area is 111 Å². The lowest BCUT2D eigenvalue weighted by Crippen LogP contribution is -2.46. The summed E-state index contributed by atoms with van der Waals surface area (Å²) in [7, 11) is -3.00. The molecule has 1 aliphatic rings. The SMILES string of the molecule is Cc1cc(C(=O)NC2(C)CCS(=O)(=O)C2)c(C)s1. The van der Waals surface area contributed by atoms with Crippen molar-refractivity contribution >= 4 is 27.1 Å². The average molecular weight is 287 g/mol. The van der Waals surface area contributed by atoms with Gasteiger partial charge < -0.3 is 5.32 Å². The van der Waals surface area contributed by atoms with Gasteiger partial charge in [-0.05, 0) is 33.3 Å². The fourth-order valence-corrected chi connectivity index (χ4v) is 5.32. The van der Waals surface area contributed by atoms with E-state index in [-0.39, 0.29) is 17.4 Å². The second-order valence-corrected chi connectivity index (χ2v) is 8.83. The molecule has 1 aromatic heterocycles. The molecule has 4 nitrogen and oxygen atoms in total. The third-order valence-corrected chi connectivity index (χ3v) is 6.07. The number of thiophene rings is 1. The maximum atomic E-state index is 12.2. The first-order valence-electron chi connectivity index (χ1n) is 5.81. The fourth-order valence-electron chi connectivity index (χ4n) is 2.31. The van der Waals surface area contributed by atoms with Gasteiger partial charge in [-0.25, -0.2) is 8.42 Å². The standard InChI is InChI=1S/C12H17NO3S2/c1-8-6-10(9(2)17-8)11(14)13-12(3)4-5-18(15,16)7-12/h6H,4-5,7H2,1-3H3,(H,13,14). The molecule has 1 atom stereocenters.